The van der Waals surface area contributed by atoms with E-state index in [4.69, 9.17) is 16.2 Å². The van der Waals surface area contributed by atoms with Gasteiger partial charge >= 0.3 is 5.97 Å². The lowest BCUT2D eigenvalue weighted by Gasteiger charge is -2.10. The Morgan fingerprint density at radius 1 is 1.00 bits per heavy atom. The SMILES string of the molecule is N=C(N)c1ccc(NC(=O)C2CC2C(=O)Nc2ccccc2CCC(=O)O)cc1. The summed E-state index contributed by atoms with van der Waals surface area (Å²) < 4.78 is 0. The number of amides is 2. The highest BCUT2D eigenvalue weighted by molar-refractivity contribution is 6.03. The first-order valence-electron chi connectivity index (χ1n) is 9.21. The maximum atomic E-state index is 12.5. The van der Waals surface area contributed by atoms with Crippen LogP contribution in [0.4, 0.5) is 11.4 Å². The van der Waals surface area contributed by atoms with Crippen LogP contribution in [-0.2, 0) is 20.8 Å². The maximum absolute atomic E-state index is 12.5. The number of carbonyl (C=O) groups excluding carboxylic acids is 2. The quantitative estimate of drug-likeness (QED) is 0.344. The second-order valence-corrected chi connectivity index (χ2v) is 6.97. The van der Waals surface area contributed by atoms with Crippen molar-refractivity contribution in [2.45, 2.75) is 19.3 Å². The predicted molar refractivity (Wildman–Crippen MR) is 109 cm³/mol. The topological polar surface area (TPSA) is 145 Å². The number of anilines is 2. The van der Waals surface area contributed by atoms with Crippen molar-refractivity contribution in [2.75, 3.05) is 10.6 Å². The third kappa shape index (κ3) is 5.19. The normalized spacial score (nSPS) is 17.2. The molecule has 8 heteroatoms. The van der Waals surface area contributed by atoms with Crippen LogP contribution in [0, 0.1) is 17.2 Å². The Balaban J connectivity index is 1.56. The number of carbonyl (C=O) groups is 3. The number of carboxylic acid groups (broad SMARTS) is 1. The summed E-state index contributed by atoms with van der Waals surface area (Å²) in [5, 5.41) is 21.8. The lowest BCUT2D eigenvalue weighted by molar-refractivity contribution is -0.137. The number of rotatable bonds is 8. The van der Waals surface area contributed by atoms with Gasteiger partial charge in [0.1, 0.15) is 5.84 Å². The van der Waals surface area contributed by atoms with Gasteiger partial charge in [-0.1, -0.05) is 18.2 Å². The van der Waals surface area contributed by atoms with E-state index < -0.39 is 17.8 Å². The Labute approximate surface area is 167 Å². The summed E-state index contributed by atoms with van der Waals surface area (Å²) in [7, 11) is 0. The van der Waals surface area contributed by atoms with E-state index in [1.54, 1.807) is 48.5 Å². The molecular formula is C21H22N4O4. The average molecular weight is 394 g/mol. The molecule has 29 heavy (non-hydrogen) atoms. The highest BCUT2D eigenvalue weighted by Gasteiger charge is 2.48. The summed E-state index contributed by atoms with van der Waals surface area (Å²) in [6.07, 6.45) is 0.751. The van der Waals surface area contributed by atoms with Crippen LogP contribution in [0.3, 0.4) is 0 Å². The van der Waals surface area contributed by atoms with E-state index in [9.17, 15) is 14.4 Å². The molecular weight excluding hydrogens is 372 g/mol. The van der Waals surface area contributed by atoms with Crippen LogP contribution in [0.1, 0.15) is 24.0 Å². The second-order valence-electron chi connectivity index (χ2n) is 6.97. The third-order valence-electron chi connectivity index (χ3n) is 4.81. The fourth-order valence-electron chi connectivity index (χ4n) is 3.07. The molecule has 1 aliphatic rings. The molecule has 1 aliphatic carbocycles. The monoisotopic (exact) mass is 394 g/mol. The zero-order valence-corrected chi connectivity index (χ0v) is 15.6. The number of para-hydroxylation sites is 1. The van der Waals surface area contributed by atoms with Gasteiger partial charge in [0.15, 0.2) is 0 Å². The van der Waals surface area contributed by atoms with Gasteiger partial charge < -0.3 is 21.5 Å². The van der Waals surface area contributed by atoms with Gasteiger partial charge in [-0.05, 0) is 48.7 Å². The second kappa shape index (κ2) is 8.55. The minimum absolute atomic E-state index is 0.0240. The average Bonchev–Trinajstić information content (AvgIpc) is 3.49. The van der Waals surface area contributed by atoms with E-state index in [0.29, 0.717) is 29.8 Å². The van der Waals surface area contributed by atoms with Crippen molar-refractivity contribution < 1.29 is 19.5 Å². The van der Waals surface area contributed by atoms with Gasteiger partial charge in [0.25, 0.3) is 0 Å². The first-order chi connectivity index (χ1) is 13.8. The van der Waals surface area contributed by atoms with Crippen LogP contribution in [0.2, 0.25) is 0 Å². The van der Waals surface area contributed by atoms with E-state index in [1.165, 1.54) is 0 Å². The molecule has 2 unspecified atom stereocenters. The van der Waals surface area contributed by atoms with Crippen LogP contribution in [0.25, 0.3) is 0 Å². The summed E-state index contributed by atoms with van der Waals surface area (Å²) in [5.41, 5.74) is 7.86. The molecule has 0 radical (unpaired) electrons. The van der Waals surface area contributed by atoms with Crippen LogP contribution in [0.5, 0.6) is 0 Å². The van der Waals surface area contributed by atoms with E-state index in [1.807, 2.05) is 0 Å². The molecule has 0 bridgehead atoms. The minimum atomic E-state index is -0.901. The fraction of sp³-hybridized carbons (Fsp3) is 0.238. The molecule has 0 aromatic heterocycles. The number of aliphatic carboxylic acids is 1. The van der Waals surface area contributed by atoms with Gasteiger partial charge in [0.05, 0.1) is 11.8 Å². The van der Waals surface area contributed by atoms with Crippen LogP contribution in [0.15, 0.2) is 48.5 Å². The van der Waals surface area contributed by atoms with Crippen molar-refractivity contribution >= 4 is 35.0 Å². The van der Waals surface area contributed by atoms with Crippen molar-refractivity contribution in [3.05, 3.63) is 59.7 Å². The molecule has 0 spiro atoms. The van der Waals surface area contributed by atoms with Gasteiger partial charge in [-0.15, -0.1) is 0 Å². The van der Waals surface area contributed by atoms with Gasteiger partial charge in [0.2, 0.25) is 11.8 Å². The number of hydrogen-bond acceptors (Lipinski definition) is 4. The van der Waals surface area contributed by atoms with E-state index >= 15 is 0 Å². The van der Waals surface area contributed by atoms with E-state index in [-0.39, 0.29) is 24.1 Å². The molecule has 2 aromatic rings. The molecule has 2 amide bonds. The van der Waals surface area contributed by atoms with Crippen molar-refractivity contribution in [2.24, 2.45) is 17.6 Å². The summed E-state index contributed by atoms with van der Waals surface area (Å²) in [6, 6.07) is 13.7. The zero-order chi connectivity index (χ0) is 21.0. The molecule has 150 valence electrons. The molecule has 0 saturated heterocycles. The highest BCUT2D eigenvalue weighted by Crippen LogP contribution is 2.40. The Kier molecular flexibility index (Phi) is 5.92. The van der Waals surface area contributed by atoms with Crippen LogP contribution < -0.4 is 16.4 Å². The summed E-state index contributed by atoms with van der Waals surface area (Å²) in [6.45, 7) is 0. The van der Waals surface area contributed by atoms with Gasteiger partial charge in [-0.3, -0.25) is 19.8 Å². The Hall–Kier alpha value is -3.68. The lowest BCUT2D eigenvalue weighted by Crippen LogP contribution is -2.21. The number of aryl methyl sites for hydroxylation is 1. The first kappa shape index (κ1) is 20.1. The summed E-state index contributed by atoms with van der Waals surface area (Å²) >= 11 is 0. The number of nitrogen functional groups attached to an aromatic ring is 1. The lowest BCUT2D eigenvalue weighted by atomic mass is 10.1. The van der Waals surface area contributed by atoms with Gasteiger partial charge in [-0.25, -0.2) is 0 Å². The predicted octanol–water partition coefficient (Wildman–Crippen LogP) is 2.20. The summed E-state index contributed by atoms with van der Waals surface area (Å²) in [5.74, 6) is -2.26. The number of amidine groups is 1. The Bertz CT molecular complexity index is 955. The van der Waals surface area contributed by atoms with Crippen LogP contribution in [-0.4, -0.2) is 28.7 Å². The van der Waals surface area contributed by atoms with Crippen molar-refractivity contribution in [3.8, 4) is 0 Å². The number of nitrogens with one attached hydrogen (secondary N) is 3. The van der Waals surface area contributed by atoms with Crippen molar-refractivity contribution in [1.29, 1.82) is 5.41 Å². The van der Waals surface area contributed by atoms with E-state index in [0.717, 1.165) is 5.56 Å². The number of carboxylic acids is 1. The number of benzene rings is 2. The number of hydrogen-bond donors (Lipinski definition) is 5. The van der Waals surface area contributed by atoms with E-state index in [2.05, 4.69) is 10.6 Å². The fourth-order valence-corrected chi connectivity index (χ4v) is 3.07. The minimum Gasteiger partial charge on any atom is -0.481 e. The molecule has 1 fully saturated rings. The molecule has 1 saturated carbocycles. The molecule has 2 atom stereocenters. The standard InChI is InChI=1S/C21H22N4O4/c22-19(23)13-5-8-14(9-6-13)24-20(28)15-11-16(15)21(29)25-17-4-2-1-3-12(17)7-10-18(26)27/h1-6,8-9,15-16H,7,10-11H2,(H3,22,23)(H,24,28)(H,25,29)(H,26,27). The molecule has 3 rings (SSSR count). The summed E-state index contributed by atoms with van der Waals surface area (Å²) in [4.78, 5) is 35.7. The zero-order valence-electron chi connectivity index (χ0n) is 15.6. The highest BCUT2D eigenvalue weighted by atomic mass is 16.4. The van der Waals surface area contributed by atoms with Crippen molar-refractivity contribution in [3.63, 3.8) is 0 Å². The smallest absolute Gasteiger partial charge is 0.303 e. The molecule has 0 heterocycles. The maximum Gasteiger partial charge on any atom is 0.303 e. The molecule has 2 aromatic carbocycles. The largest absolute Gasteiger partial charge is 0.481 e. The first-order valence-corrected chi connectivity index (χ1v) is 9.21. The van der Waals surface area contributed by atoms with Gasteiger partial charge in [0, 0.05) is 23.4 Å². The van der Waals surface area contributed by atoms with Crippen LogP contribution >= 0.6 is 0 Å². The molecule has 8 nitrogen and oxygen atoms in total. The Morgan fingerprint density at radius 2 is 1.62 bits per heavy atom. The number of nitrogens with two attached hydrogens (primary N) is 1. The molecule has 0 aliphatic heterocycles. The third-order valence-corrected chi connectivity index (χ3v) is 4.81. The molecule has 6 N–H and O–H groups in total. The Morgan fingerprint density at radius 3 is 2.24 bits per heavy atom. The van der Waals surface area contributed by atoms with Crippen molar-refractivity contribution in [1.82, 2.24) is 0 Å². The van der Waals surface area contributed by atoms with Gasteiger partial charge in [-0.2, -0.15) is 0 Å².